The van der Waals surface area contributed by atoms with Crippen molar-refractivity contribution >= 4 is 28.2 Å². The molecule has 2 N–H and O–H groups in total. The summed E-state index contributed by atoms with van der Waals surface area (Å²) in [6.45, 7) is 4.73. The highest BCUT2D eigenvalue weighted by Gasteiger charge is 2.11. The molecule has 2 aromatic heterocycles. The molecule has 0 radical (unpaired) electrons. The van der Waals surface area contributed by atoms with Gasteiger partial charge in [0, 0.05) is 32.1 Å². The maximum absolute atomic E-state index is 4.82. The Kier molecular flexibility index (Phi) is 5.53. The van der Waals surface area contributed by atoms with Gasteiger partial charge >= 0.3 is 0 Å². The predicted molar refractivity (Wildman–Crippen MR) is 117 cm³/mol. The third-order valence-electron chi connectivity index (χ3n) is 4.52. The summed E-state index contributed by atoms with van der Waals surface area (Å²) in [6.07, 6.45) is 1.07. The molecular formula is C21H24N6S. The number of aliphatic imine (C=N–C) groups is 1. The van der Waals surface area contributed by atoms with Crippen LogP contribution in [-0.4, -0.2) is 36.1 Å². The highest BCUT2D eigenvalue weighted by molar-refractivity contribution is 7.14. The second-order valence-corrected chi connectivity index (χ2v) is 7.76. The third kappa shape index (κ3) is 4.48. The molecule has 0 bridgehead atoms. The Morgan fingerprint density at radius 2 is 2.04 bits per heavy atom. The van der Waals surface area contributed by atoms with Gasteiger partial charge in [0.2, 0.25) is 0 Å². The van der Waals surface area contributed by atoms with Gasteiger partial charge < -0.3 is 15.5 Å². The molecule has 3 heterocycles. The quantitative estimate of drug-likeness (QED) is 0.689. The summed E-state index contributed by atoms with van der Waals surface area (Å²) >= 11 is 1.56. The van der Waals surface area contributed by atoms with E-state index < -0.39 is 0 Å². The second kappa shape index (κ2) is 8.39. The van der Waals surface area contributed by atoms with Crippen LogP contribution in [0.2, 0.25) is 0 Å². The van der Waals surface area contributed by atoms with Crippen molar-refractivity contribution in [3.63, 3.8) is 0 Å². The Morgan fingerprint density at radius 1 is 1.14 bits per heavy atom. The number of rotatable bonds is 5. The van der Waals surface area contributed by atoms with Gasteiger partial charge in [-0.25, -0.2) is 9.97 Å². The third-order valence-corrected chi connectivity index (χ3v) is 5.27. The molecule has 0 saturated heterocycles. The van der Waals surface area contributed by atoms with Gasteiger partial charge in [-0.3, -0.25) is 4.99 Å². The molecule has 3 aromatic rings. The fourth-order valence-electron chi connectivity index (χ4n) is 3.11. The summed E-state index contributed by atoms with van der Waals surface area (Å²) in [5.74, 6) is 1.73. The van der Waals surface area contributed by atoms with Crippen LogP contribution in [0.3, 0.4) is 0 Å². The molecule has 0 spiro atoms. The van der Waals surface area contributed by atoms with Crippen LogP contribution in [0, 0.1) is 6.92 Å². The maximum Gasteiger partial charge on any atom is 0.197 e. The van der Waals surface area contributed by atoms with Gasteiger partial charge in [-0.15, -0.1) is 11.3 Å². The molecule has 1 aliphatic heterocycles. The Morgan fingerprint density at radius 3 is 2.86 bits per heavy atom. The molecule has 28 heavy (non-hydrogen) atoms. The highest BCUT2D eigenvalue weighted by Crippen LogP contribution is 2.25. The van der Waals surface area contributed by atoms with Crippen molar-refractivity contribution in [2.75, 3.05) is 30.4 Å². The lowest BCUT2D eigenvalue weighted by atomic mass is 10.1. The van der Waals surface area contributed by atoms with Crippen molar-refractivity contribution < 1.29 is 0 Å². The lowest BCUT2D eigenvalue weighted by Gasteiger charge is -2.19. The summed E-state index contributed by atoms with van der Waals surface area (Å²) in [5.41, 5.74) is 4.29. The molecule has 1 aromatic carbocycles. The number of hydrogen-bond acceptors (Lipinski definition) is 7. The number of aryl methyl sites for hydroxylation is 1. The van der Waals surface area contributed by atoms with E-state index >= 15 is 0 Å². The minimum absolute atomic E-state index is 0.798. The van der Waals surface area contributed by atoms with Crippen molar-refractivity contribution in [2.24, 2.45) is 4.99 Å². The maximum atomic E-state index is 4.82. The zero-order valence-electron chi connectivity index (χ0n) is 16.1. The second-order valence-electron chi connectivity index (χ2n) is 6.90. The van der Waals surface area contributed by atoms with Crippen LogP contribution >= 0.6 is 11.3 Å². The van der Waals surface area contributed by atoms with Gasteiger partial charge in [-0.05, 0) is 31.0 Å². The standard InChI is InChI=1S/C21H24N6S/c1-15-6-3-7-16(12-15)13-27(2)19-9-4-8-17(24-19)18-14-28-21(25-18)26-20-22-10-5-11-23-20/h3-4,6-9,12,14H,5,10-11,13H2,1-2H3,(H2,22,23,25,26). The van der Waals surface area contributed by atoms with Crippen LogP contribution in [0.25, 0.3) is 11.4 Å². The van der Waals surface area contributed by atoms with Crippen LogP contribution in [0.1, 0.15) is 17.5 Å². The van der Waals surface area contributed by atoms with E-state index in [9.17, 15) is 0 Å². The number of thiazole rings is 1. The summed E-state index contributed by atoms with van der Waals surface area (Å²) in [5, 5.41) is 9.35. The predicted octanol–water partition coefficient (Wildman–Crippen LogP) is 3.91. The van der Waals surface area contributed by atoms with Crippen molar-refractivity contribution in [3.05, 3.63) is 59.0 Å². The van der Waals surface area contributed by atoms with Gasteiger partial charge in [0.05, 0.1) is 5.69 Å². The van der Waals surface area contributed by atoms with E-state index in [0.717, 1.165) is 54.4 Å². The SMILES string of the molecule is Cc1cccc(CN(C)c2cccc(-c3csc(NC4=NCCCN4)n3)n2)c1. The van der Waals surface area contributed by atoms with E-state index in [2.05, 4.69) is 63.7 Å². The van der Waals surface area contributed by atoms with E-state index in [4.69, 9.17) is 4.98 Å². The van der Waals surface area contributed by atoms with Crippen molar-refractivity contribution in [3.8, 4) is 11.4 Å². The lowest BCUT2D eigenvalue weighted by Crippen LogP contribution is -2.35. The molecule has 6 nitrogen and oxygen atoms in total. The van der Waals surface area contributed by atoms with Gasteiger partial charge in [-0.2, -0.15) is 0 Å². The molecular weight excluding hydrogens is 368 g/mol. The van der Waals surface area contributed by atoms with Crippen LogP contribution in [-0.2, 0) is 6.54 Å². The number of guanidine groups is 1. The molecule has 0 saturated carbocycles. The number of nitrogens with one attached hydrogen (secondary N) is 2. The van der Waals surface area contributed by atoms with Gasteiger partial charge in [0.1, 0.15) is 11.5 Å². The zero-order chi connectivity index (χ0) is 19.3. The van der Waals surface area contributed by atoms with E-state index in [1.165, 1.54) is 11.1 Å². The monoisotopic (exact) mass is 392 g/mol. The van der Waals surface area contributed by atoms with E-state index in [1.807, 2.05) is 23.6 Å². The number of anilines is 2. The summed E-state index contributed by atoms with van der Waals surface area (Å²) in [4.78, 5) is 16.1. The van der Waals surface area contributed by atoms with Crippen molar-refractivity contribution in [1.82, 2.24) is 15.3 Å². The van der Waals surface area contributed by atoms with E-state index in [1.54, 1.807) is 11.3 Å². The Balaban J connectivity index is 1.48. The Labute approximate surface area is 169 Å². The fourth-order valence-corrected chi connectivity index (χ4v) is 3.81. The van der Waals surface area contributed by atoms with E-state index in [0.29, 0.717) is 0 Å². The molecule has 1 aliphatic rings. The molecule has 0 unspecified atom stereocenters. The number of aromatic nitrogens is 2. The van der Waals surface area contributed by atoms with Crippen LogP contribution in [0.15, 0.2) is 52.8 Å². The molecule has 0 fully saturated rings. The first-order valence-corrected chi connectivity index (χ1v) is 10.3. The average Bonchev–Trinajstić information content (AvgIpc) is 3.17. The molecule has 4 rings (SSSR count). The first kappa shape index (κ1) is 18.4. The Hall–Kier alpha value is -2.93. The number of hydrogen-bond donors (Lipinski definition) is 2. The van der Waals surface area contributed by atoms with Crippen LogP contribution in [0.4, 0.5) is 10.9 Å². The minimum atomic E-state index is 0.798. The smallest absolute Gasteiger partial charge is 0.197 e. The van der Waals surface area contributed by atoms with Crippen LogP contribution < -0.4 is 15.5 Å². The number of pyridine rings is 1. The lowest BCUT2D eigenvalue weighted by molar-refractivity contribution is 0.740. The highest BCUT2D eigenvalue weighted by atomic mass is 32.1. The number of benzene rings is 1. The summed E-state index contributed by atoms with van der Waals surface area (Å²) < 4.78 is 0. The van der Waals surface area contributed by atoms with Gasteiger partial charge in [-0.1, -0.05) is 35.9 Å². The molecule has 144 valence electrons. The van der Waals surface area contributed by atoms with Crippen LogP contribution in [0.5, 0.6) is 0 Å². The Bertz CT molecular complexity index is 980. The topological polar surface area (TPSA) is 65.4 Å². The van der Waals surface area contributed by atoms with Crippen molar-refractivity contribution in [1.29, 1.82) is 0 Å². The van der Waals surface area contributed by atoms with Gasteiger partial charge in [0.25, 0.3) is 0 Å². The minimum Gasteiger partial charge on any atom is -0.356 e. The summed E-state index contributed by atoms with van der Waals surface area (Å²) in [7, 11) is 2.06. The first-order chi connectivity index (χ1) is 13.7. The molecule has 7 heteroatoms. The normalized spacial score (nSPS) is 13.6. The molecule has 0 atom stereocenters. The average molecular weight is 393 g/mol. The van der Waals surface area contributed by atoms with Crippen molar-refractivity contribution in [2.45, 2.75) is 19.9 Å². The van der Waals surface area contributed by atoms with E-state index in [-0.39, 0.29) is 0 Å². The first-order valence-electron chi connectivity index (χ1n) is 9.42. The zero-order valence-corrected chi connectivity index (χ0v) is 17.0. The molecule has 0 aliphatic carbocycles. The molecule has 0 amide bonds. The number of nitrogens with zero attached hydrogens (tertiary/aromatic N) is 4. The fraction of sp³-hybridized carbons (Fsp3) is 0.286. The largest absolute Gasteiger partial charge is 0.356 e. The summed E-state index contributed by atoms with van der Waals surface area (Å²) in [6, 6.07) is 14.6. The van der Waals surface area contributed by atoms with Gasteiger partial charge in [0.15, 0.2) is 11.1 Å².